The van der Waals surface area contributed by atoms with Gasteiger partial charge in [-0.3, -0.25) is 4.79 Å². The van der Waals surface area contributed by atoms with Crippen molar-refractivity contribution in [2.45, 2.75) is 391 Å². The van der Waals surface area contributed by atoms with E-state index in [-0.39, 0.29) is 12.5 Å². The first-order valence-electron chi connectivity index (χ1n) is 33.4. The van der Waals surface area contributed by atoms with Crippen molar-refractivity contribution in [3.8, 4) is 0 Å². The lowest BCUT2D eigenvalue weighted by molar-refractivity contribution is -0.302. The monoisotopic (exact) mass is 1060 g/mol. The molecular formula is C66H129NO8. The van der Waals surface area contributed by atoms with E-state index < -0.39 is 49.5 Å². The number of unbranched alkanes of at least 4 members (excludes halogenated alkanes) is 47. The molecule has 6 N–H and O–H groups in total. The Bertz CT molecular complexity index is 1190. The summed E-state index contributed by atoms with van der Waals surface area (Å²) < 4.78 is 11.4. The minimum Gasteiger partial charge on any atom is -0.394 e. The predicted molar refractivity (Wildman–Crippen MR) is 318 cm³/mol. The van der Waals surface area contributed by atoms with Crippen LogP contribution in [0.3, 0.4) is 0 Å². The summed E-state index contributed by atoms with van der Waals surface area (Å²) >= 11 is 0. The maximum atomic E-state index is 13.1. The molecule has 0 aromatic rings. The van der Waals surface area contributed by atoms with Gasteiger partial charge in [-0.1, -0.05) is 315 Å². The summed E-state index contributed by atoms with van der Waals surface area (Å²) in [6, 6.07) is -0.717. The van der Waals surface area contributed by atoms with Gasteiger partial charge in [0.2, 0.25) is 5.91 Å². The van der Waals surface area contributed by atoms with Gasteiger partial charge in [-0.2, -0.15) is 0 Å². The van der Waals surface area contributed by atoms with E-state index in [1.165, 1.54) is 283 Å². The summed E-state index contributed by atoms with van der Waals surface area (Å²) in [5.74, 6) is -0.136. The third-order valence-electron chi connectivity index (χ3n) is 16.4. The van der Waals surface area contributed by atoms with Crippen molar-refractivity contribution in [3.63, 3.8) is 0 Å². The van der Waals surface area contributed by atoms with Gasteiger partial charge in [0.1, 0.15) is 24.4 Å². The zero-order valence-electron chi connectivity index (χ0n) is 49.8. The molecule has 1 fully saturated rings. The number of ether oxygens (including phenoxy) is 2. The van der Waals surface area contributed by atoms with Crippen LogP contribution in [-0.2, 0) is 14.3 Å². The zero-order chi connectivity index (χ0) is 54.3. The van der Waals surface area contributed by atoms with E-state index in [9.17, 15) is 30.3 Å². The van der Waals surface area contributed by atoms with Crippen LogP contribution in [-0.4, -0.2) is 87.5 Å². The summed E-state index contributed by atoms with van der Waals surface area (Å²) in [7, 11) is 0. The molecule has 0 saturated carbocycles. The van der Waals surface area contributed by atoms with E-state index in [1.54, 1.807) is 0 Å². The average molecular weight is 1060 g/mol. The molecule has 0 aromatic carbocycles. The van der Waals surface area contributed by atoms with Crippen molar-refractivity contribution in [1.29, 1.82) is 0 Å². The Morgan fingerprint density at radius 1 is 0.440 bits per heavy atom. The van der Waals surface area contributed by atoms with Crippen LogP contribution in [0.25, 0.3) is 0 Å². The van der Waals surface area contributed by atoms with Crippen LogP contribution in [0, 0.1) is 0 Å². The Labute approximate surface area is 465 Å². The molecule has 1 saturated heterocycles. The van der Waals surface area contributed by atoms with Gasteiger partial charge < -0.3 is 40.3 Å². The molecule has 0 aliphatic carbocycles. The highest BCUT2D eigenvalue weighted by atomic mass is 16.7. The molecule has 446 valence electrons. The second kappa shape index (κ2) is 56.2. The lowest BCUT2D eigenvalue weighted by Gasteiger charge is -2.40. The molecule has 0 aromatic heterocycles. The fraction of sp³-hybridized carbons (Fsp3) is 0.955. The van der Waals surface area contributed by atoms with Gasteiger partial charge in [0.05, 0.1) is 25.4 Å². The molecule has 9 nitrogen and oxygen atoms in total. The fourth-order valence-corrected chi connectivity index (χ4v) is 11.1. The number of carbonyl (C=O) groups is 1. The van der Waals surface area contributed by atoms with Gasteiger partial charge in [0, 0.05) is 6.42 Å². The molecule has 7 atom stereocenters. The maximum absolute atomic E-state index is 13.1. The number of hydrogen-bond acceptors (Lipinski definition) is 8. The normalized spacial score (nSPS) is 18.8. The SMILES string of the molecule is CCCCCCCCCCCCCC/C=C\CCCCCCCCCCCCCCCCCC(=O)NC(COC1OC(CO)C(O)C(O)C1O)C(O)CCCCCCCCCCCCCCCCCCCCCCC. The highest BCUT2D eigenvalue weighted by Gasteiger charge is 2.44. The summed E-state index contributed by atoms with van der Waals surface area (Å²) in [5.41, 5.74) is 0. The van der Waals surface area contributed by atoms with Crippen molar-refractivity contribution in [3.05, 3.63) is 12.2 Å². The number of aliphatic hydroxyl groups is 5. The lowest BCUT2D eigenvalue weighted by atomic mass is 9.99. The second-order valence-corrected chi connectivity index (χ2v) is 23.6. The number of allylic oxidation sites excluding steroid dienone is 2. The quantitative estimate of drug-likeness (QED) is 0.0261. The average Bonchev–Trinajstić information content (AvgIpc) is 3.41. The molecule has 0 bridgehead atoms. The zero-order valence-corrected chi connectivity index (χ0v) is 49.8. The Kier molecular flexibility index (Phi) is 53.9. The summed E-state index contributed by atoms with van der Waals surface area (Å²) in [4.78, 5) is 13.1. The Hall–Kier alpha value is -1.07. The maximum Gasteiger partial charge on any atom is 0.220 e. The molecule has 1 aliphatic heterocycles. The second-order valence-electron chi connectivity index (χ2n) is 23.6. The molecule has 0 radical (unpaired) electrons. The van der Waals surface area contributed by atoms with Crippen LogP contribution in [0.4, 0.5) is 0 Å². The first-order chi connectivity index (χ1) is 36.8. The predicted octanol–water partition coefficient (Wildman–Crippen LogP) is 17.5. The summed E-state index contributed by atoms with van der Waals surface area (Å²) in [6.45, 7) is 3.90. The fourth-order valence-electron chi connectivity index (χ4n) is 11.1. The van der Waals surface area contributed by atoms with E-state index in [1.807, 2.05) is 0 Å². The van der Waals surface area contributed by atoms with E-state index in [0.29, 0.717) is 12.8 Å². The molecule has 1 rings (SSSR count). The smallest absolute Gasteiger partial charge is 0.220 e. The minimum atomic E-state index is -1.55. The van der Waals surface area contributed by atoms with Gasteiger partial charge in [0.25, 0.3) is 0 Å². The van der Waals surface area contributed by atoms with E-state index in [0.717, 1.165) is 38.5 Å². The van der Waals surface area contributed by atoms with Gasteiger partial charge in [0.15, 0.2) is 6.29 Å². The lowest BCUT2D eigenvalue weighted by Crippen LogP contribution is -2.60. The van der Waals surface area contributed by atoms with Crippen molar-refractivity contribution >= 4 is 5.91 Å². The van der Waals surface area contributed by atoms with Crippen molar-refractivity contribution in [2.24, 2.45) is 0 Å². The topological polar surface area (TPSA) is 149 Å². The Morgan fingerprint density at radius 3 is 1.08 bits per heavy atom. The molecule has 7 unspecified atom stereocenters. The highest BCUT2D eigenvalue weighted by Crippen LogP contribution is 2.24. The van der Waals surface area contributed by atoms with Crippen molar-refractivity contribution < 1.29 is 39.8 Å². The van der Waals surface area contributed by atoms with Crippen LogP contribution in [0.1, 0.15) is 348 Å². The number of aliphatic hydroxyl groups excluding tert-OH is 5. The third-order valence-corrected chi connectivity index (χ3v) is 16.4. The molecule has 0 spiro atoms. The first kappa shape index (κ1) is 71.9. The van der Waals surface area contributed by atoms with Crippen LogP contribution in [0.15, 0.2) is 12.2 Å². The Balaban J connectivity index is 2.11. The number of carbonyl (C=O) groups excluding carboxylic acids is 1. The number of nitrogens with one attached hydrogen (secondary N) is 1. The van der Waals surface area contributed by atoms with E-state index >= 15 is 0 Å². The molecule has 1 amide bonds. The standard InChI is InChI=1S/C66H129NO8/c1-3-5-7-9-11-13-15-17-19-21-23-25-26-27-28-29-30-31-32-33-34-36-38-40-42-44-46-48-50-52-54-56-62(70)67-59(58-74-66-65(73)64(72)63(71)61(57-68)75-66)60(69)55-53-51-49-47-45-43-41-39-37-35-24-22-20-18-16-14-12-10-8-6-4-2/h27-28,59-61,63-66,68-69,71-73H,3-26,29-58H2,1-2H3,(H,67,70)/b28-27-. The Morgan fingerprint density at radius 2 is 0.747 bits per heavy atom. The van der Waals surface area contributed by atoms with Crippen LogP contribution >= 0.6 is 0 Å². The number of rotatable bonds is 59. The largest absolute Gasteiger partial charge is 0.394 e. The summed E-state index contributed by atoms with van der Waals surface area (Å²) in [6.07, 6.45) is 64.1. The van der Waals surface area contributed by atoms with Gasteiger partial charge >= 0.3 is 0 Å². The highest BCUT2D eigenvalue weighted by molar-refractivity contribution is 5.76. The van der Waals surface area contributed by atoms with Gasteiger partial charge in [-0.25, -0.2) is 0 Å². The molecule has 1 heterocycles. The molecular weight excluding hydrogens is 935 g/mol. The minimum absolute atomic E-state index is 0.132. The number of hydrogen-bond donors (Lipinski definition) is 6. The van der Waals surface area contributed by atoms with Crippen LogP contribution < -0.4 is 5.32 Å². The number of amides is 1. The van der Waals surface area contributed by atoms with E-state index in [4.69, 9.17) is 9.47 Å². The van der Waals surface area contributed by atoms with Gasteiger partial charge in [-0.15, -0.1) is 0 Å². The van der Waals surface area contributed by atoms with Crippen molar-refractivity contribution in [1.82, 2.24) is 5.32 Å². The first-order valence-corrected chi connectivity index (χ1v) is 33.4. The van der Waals surface area contributed by atoms with E-state index in [2.05, 4.69) is 31.3 Å². The van der Waals surface area contributed by atoms with Gasteiger partial charge in [-0.05, 0) is 38.5 Å². The molecule has 75 heavy (non-hydrogen) atoms. The van der Waals surface area contributed by atoms with Crippen molar-refractivity contribution in [2.75, 3.05) is 13.2 Å². The van der Waals surface area contributed by atoms with Crippen LogP contribution in [0.2, 0.25) is 0 Å². The summed E-state index contributed by atoms with van der Waals surface area (Å²) in [5, 5.41) is 54.9. The molecule has 1 aliphatic rings. The molecule has 9 heteroatoms. The third kappa shape index (κ3) is 45.4. The van der Waals surface area contributed by atoms with Crippen LogP contribution in [0.5, 0.6) is 0 Å².